The van der Waals surface area contributed by atoms with Crippen molar-refractivity contribution >= 4 is 11.7 Å². The van der Waals surface area contributed by atoms with Crippen LogP contribution in [0.5, 0.6) is 11.6 Å². The van der Waals surface area contributed by atoms with Crippen molar-refractivity contribution in [2.75, 3.05) is 0 Å². The van der Waals surface area contributed by atoms with E-state index >= 15 is 0 Å². The van der Waals surface area contributed by atoms with Gasteiger partial charge in [-0.2, -0.15) is 0 Å². The van der Waals surface area contributed by atoms with Crippen molar-refractivity contribution < 1.29 is 18.7 Å². The average Bonchev–Trinajstić information content (AvgIpc) is 3.71. The van der Waals surface area contributed by atoms with Gasteiger partial charge in [0.25, 0.3) is 0 Å². The van der Waals surface area contributed by atoms with E-state index in [1.54, 1.807) is 0 Å². The molecular formula is C29H35FN2O3. The van der Waals surface area contributed by atoms with Crippen LogP contribution in [-0.2, 0) is 11.2 Å². The fourth-order valence-electron chi connectivity index (χ4n) is 6.45. The summed E-state index contributed by atoms with van der Waals surface area (Å²) in [6.45, 7) is 6.18. The number of rotatable bonds is 8. The first-order valence-corrected chi connectivity index (χ1v) is 13.0. The van der Waals surface area contributed by atoms with Crippen LogP contribution in [0.4, 0.5) is 4.39 Å². The van der Waals surface area contributed by atoms with E-state index < -0.39 is 5.82 Å². The number of hydrogen-bond donors (Lipinski definition) is 1. The molecule has 1 aromatic heterocycles. The Morgan fingerprint density at radius 1 is 1.23 bits per heavy atom. The number of amides is 1. The Bertz CT molecular complexity index is 1140. The molecule has 3 fully saturated rings. The average molecular weight is 479 g/mol. The molecule has 5 nitrogen and oxygen atoms in total. The third-order valence-corrected chi connectivity index (χ3v) is 8.48. The standard InChI is InChI=1S/C29H35FN2O3/c1-4-19-6-5-7-22(13-19)35-27-23(14-20(30)16-31-27)26(34)24-15-29(24)17-28(29)10-8-21(9-11-28)32-25(33)12-18(2)3/h5-7,13-14,16,18,21,24H,4,8-12,15,17H2,1-3H3,(H,32,33). The molecule has 1 amide bonds. The van der Waals surface area contributed by atoms with Crippen LogP contribution in [-0.4, -0.2) is 22.7 Å². The highest BCUT2D eigenvalue weighted by atomic mass is 19.1. The highest BCUT2D eigenvalue weighted by Crippen LogP contribution is 2.85. The number of aromatic nitrogens is 1. The number of carbonyl (C=O) groups excluding carboxylic acids is 2. The molecule has 3 saturated carbocycles. The molecule has 3 aliphatic rings. The van der Waals surface area contributed by atoms with E-state index in [2.05, 4.69) is 31.1 Å². The first kappa shape index (κ1) is 24.0. The summed E-state index contributed by atoms with van der Waals surface area (Å²) in [5.41, 5.74) is 1.60. The summed E-state index contributed by atoms with van der Waals surface area (Å²) >= 11 is 0. The maximum absolute atomic E-state index is 14.1. The number of benzene rings is 1. The summed E-state index contributed by atoms with van der Waals surface area (Å²) in [5, 5.41) is 3.20. The highest BCUT2D eigenvalue weighted by Gasteiger charge is 2.80. The van der Waals surface area contributed by atoms with Gasteiger partial charge in [0.05, 0.1) is 11.8 Å². The van der Waals surface area contributed by atoms with Crippen LogP contribution >= 0.6 is 0 Å². The van der Waals surface area contributed by atoms with E-state index in [-0.39, 0.29) is 45.9 Å². The number of ketones is 1. The smallest absolute Gasteiger partial charge is 0.230 e. The summed E-state index contributed by atoms with van der Waals surface area (Å²) in [6, 6.07) is 9.18. The van der Waals surface area contributed by atoms with E-state index in [9.17, 15) is 14.0 Å². The molecule has 0 bridgehead atoms. The number of nitrogens with one attached hydrogen (secondary N) is 1. The van der Waals surface area contributed by atoms with E-state index in [0.717, 1.165) is 56.7 Å². The molecule has 1 N–H and O–H groups in total. The largest absolute Gasteiger partial charge is 0.438 e. The van der Waals surface area contributed by atoms with Crippen LogP contribution in [0.25, 0.3) is 0 Å². The minimum atomic E-state index is -0.527. The molecule has 2 unspecified atom stereocenters. The number of pyridine rings is 1. The zero-order valence-corrected chi connectivity index (χ0v) is 20.9. The summed E-state index contributed by atoms with van der Waals surface area (Å²) in [6.07, 6.45) is 8.47. The Morgan fingerprint density at radius 2 is 2.00 bits per heavy atom. The molecule has 3 aliphatic carbocycles. The molecule has 0 saturated heterocycles. The number of ether oxygens (including phenoxy) is 1. The molecule has 186 valence electrons. The Labute approximate surface area is 206 Å². The van der Waals surface area contributed by atoms with Crippen LogP contribution < -0.4 is 10.1 Å². The van der Waals surface area contributed by atoms with Crippen LogP contribution in [0.15, 0.2) is 36.5 Å². The van der Waals surface area contributed by atoms with Gasteiger partial charge in [0.15, 0.2) is 5.78 Å². The summed E-state index contributed by atoms with van der Waals surface area (Å²) in [5.74, 6) is 0.603. The minimum absolute atomic E-state index is 0.0444. The molecule has 6 heteroatoms. The summed E-state index contributed by atoms with van der Waals surface area (Å²) in [4.78, 5) is 29.8. The Hall–Kier alpha value is -2.76. The van der Waals surface area contributed by atoms with Gasteiger partial charge in [-0.1, -0.05) is 32.9 Å². The van der Waals surface area contributed by atoms with Gasteiger partial charge >= 0.3 is 0 Å². The molecule has 0 radical (unpaired) electrons. The lowest BCUT2D eigenvalue weighted by Gasteiger charge is -2.30. The number of carbonyl (C=O) groups is 2. The number of halogens is 1. The van der Waals surface area contributed by atoms with Gasteiger partial charge in [-0.05, 0) is 85.5 Å². The number of aryl methyl sites for hydroxylation is 1. The fourth-order valence-corrected chi connectivity index (χ4v) is 6.45. The SMILES string of the molecule is CCc1cccc(Oc2ncc(F)cc2C(=O)C2CC23CC32CCC(NC(=O)CC(C)C)CC2)c1. The van der Waals surface area contributed by atoms with Gasteiger partial charge in [0.2, 0.25) is 11.8 Å². The molecule has 0 aliphatic heterocycles. The van der Waals surface area contributed by atoms with E-state index in [1.165, 1.54) is 6.07 Å². The number of fused-ring (bicyclic) bond motifs is 1. The van der Waals surface area contributed by atoms with Crippen LogP contribution in [0.1, 0.15) is 81.6 Å². The van der Waals surface area contributed by atoms with Gasteiger partial charge < -0.3 is 10.1 Å². The Balaban J connectivity index is 1.25. The maximum atomic E-state index is 14.1. The normalized spacial score (nSPS) is 28.8. The minimum Gasteiger partial charge on any atom is -0.438 e. The van der Waals surface area contributed by atoms with Crippen molar-refractivity contribution in [1.82, 2.24) is 10.3 Å². The maximum Gasteiger partial charge on any atom is 0.230 e. The van der Waals surface area contributed by atoms with E-state index in [4.69, 9.17) is 4.74 Å². The third kappa shape index (κ3) is 4.60. The van der Waals surface area contributed by atoms with Crippen LogP contribution in [0.3, 0.4) is 0 Å². The monoisotopic (exact) mass is 478 g/mol. The molecule has 5 rings (SSSR count). The molecular weight excluding hydrogens is 443 g/mol. The summed E-state index contributed by atoms with van der Waals surface area (Å²) < 4.78 is 20.1. The van der Waals surface area contributed by atoms with Crippen molar-refractivity contribution in [3.8, 4) is 11.6 Å². The number of nitrogens with zero attached hydrogens (tertiary/aromatic N) is 1. The fraction of sp³-hybridized carbons (Fsp3) is 0.552. The predicted octanol–water partition coefficient (Wildman–Crippen LogP) is 6.26. The lowest BCUT2D eigenvalue weighted by Crippen LogP contribution is -2.38. The Kier molecular flexibility index (Phi) is 6.18. The van der Waals surface area contributed by atoms with Crippen molar-refractivity contribution in [3.63, 3.8) is 0 Å². The zero-order valence-electron chi connectivity index (χ0n) is 20.9. The lowest BCUT2D eigenvalue weighted by atomic mass is 9.80. The van der Waals surface area contributed by atoms with Crippen molar-refractivity contribution in [2.45, 2.75) is 78.2 Å². The molecule has 2 aromatic rings. The predicted molar refractivity (Wildman–Crippen MR) is 132 cm³/mol. The van der Waals surface area contributed by atoms with E-state index in [0.29, 0.717) is 18.1 Å². The van der Waals surface area contributed by atoms with Crippen molar-refractivity contribution in [2.24, 2.45) is 22.7 Å². The first-order chi connectivity index (χ1) is 16.7. The topological polar surface area (TPSA) is 68.3 Å². The third-order valence-electron chi connectivity index (χ3n) is 8.48. The Morgan fingerprint density at radius 3 is 2.71 bits per heavy atom. The highest BCUT2D eigenvalue weighted by molar-refractivity contribution is 6.02. The number of hydrogen-bond acceptors (Lipinski definition) is 4. The second-order valence-corrected chi connectivity index (χ2v) is 11.3. The first-order valence-electron chi connectivity index (χ1n) is 13.0. The second-order valence-electron chi connectivity index (χ2n) is 11.3. The number of Topliss-reactive ketones (excluding diaryl/α,β-unsaturated/α-hetero) is 1. The van der Waals surface area contributed by atoms with E-state index in [1.807, 2.05) is 24.3 Å². The molecule has 2 atom stereocenters. The lowest BCUT2D eigenvalue weighted by molar-refractivity contribution is -0.122. The van der Waals surface area contributed by atoms with Gasteiger partial charge in [-0.15, -0.1) is 0 Å². The summed E-state index contributed by atoms with van der Waals surface area (Å²) in [7, 11) is 0. The van der Waals surface area contributed by atoms with Crippen LogP contribution in [0.2, 0.25) is 0 Å². The van der Waals surface area contributed by atoms with Crippen molar-refractivity contribution in [3.05, 3.63) is 53.5 Å². The van der Waals surface area contributed by atoms with Gasteiger partial charge in [0.1, 0.15) is 11.6 Å². The van der Waals surface area contributed by atoms with Crippen LogP contribution in [0, 0.1) is 28.5 Å². The molecule has 1 heterocycles. The van der Waals surface area contributed by atoms with Gasteiger partial charge in [-0.3, -0.25) is 9.59 Å². The van der Waals surface area contributed by atoms with Gasteiger partial charge in [0, 0.05) is 18.4 Å². The second kappa shape index (κ2) is 9.03. The van der Waals surface area contributed by atoms with Gasteiger partial charge in [-0.25, -0.2) is 9.37 Å². The molecule has 2 spiro atoms. The quantitative estimate of drug-likeness (QED) is 0.455. The zero-order chi connectivity index (χ0) is 24.8. The molecule has 35 heavy (non-hydrogen) atoms. The van der Waals surface area contributed by atoms with Crippen molar-refractivity contribution in [1.29, 1.82) is 0 Å². The molecule has 1 aromatic carbocycles.